The quantitative estimate of drug-likeness (QED) is 0.387. The molecule has 0 saturated carbocycles. The maximum atomic E-state index is 11.1. The molecular formula is C19H14N4O3S. The highest BCUT2D eigenvalue weighted by atomic mass is 32.1. The molecule has 27 heavy (non-hydrogen) atoms. The number of nitro groups is 1. The van der Waals surface area contributed by atoms with E-state index in [1.807, 2.05) is 35.7 Å². The van der Waals surface area contributed by atoms with Crippen molar-refractivity contribution in [1.29, 1.82) is 0 Å². The Morgan fingerprint density at radius 2 is 2.00 bits per heavy atom. The van der Waals surface area contributed by atoms with E-state index in [-0.39, 0.29) is 5.69 Å². The molecule has 0 bridgehead atoms. The van der Waals surface area contributed by atoms with Gasteiger partial charge < -0.3 is 10.1 Å². The minimum absolute atomic E-state index is 0.0444. The molecule has 0 atom stereocenters. The molecule has 0 aliphatic heterocycles. The van der Waals surface area contributed by atoms with Crippen LogP contribution in [0.25, 0.3) is 21.3 Å². The molecule has 4 rings (SSSR count). The van der Waals surface area contributed by atoms with Gasteiger partial charge in [0.15, 0.2) is 0 Å². The molecule has 0 fully saturated rings. The van der Waals surface area contributed by atoms with Gasteiger partial charge in [0.1, 0.15) is 22.7 Å². The SMILES string of the molecule is COc1ccccc1Nc1ncnc2scc(-c3cccc([N+](=O)[O-])c3)c12. The predicted molar refractivity (Wildman–Crippen MR) is 106 cm³/mol. The monoisotopic (exact) mass is 378 g/mol. The molecule has 2 aromatic heterocycles. The van der Waals surface area contributed by atoms with E-state index in [1.165, 1.54) is 23.7 Å². The number of para-hydroxylation sites is 2. The summed E-state index contributed by atoms with van der Waals surface area (Å²) in [7, 11) is 1.61. The number of nitrogens with zero attached hydrogens (tertiary/aromatic N) is 3. The minimum Gasteiger partial charge on any atom is -0.495 e. The molecule has 0 saturated heterocycles. The smallest absolute Gasteiger partial charge is 0.270 e. The van der Waals surface area contributed by atoms with Gasteiger partial charge in [-0.25, -0.2) is 9.97 Å². The van der Waals surface area contributed by atoms with Gasteiger partial charge >= 0.3 is 0 Å². The fourth-order valence-electron chi connectivity index (χ4n) is 2.84. The lowest BCUT2D eigenvalue weighted by Crippen LogP contribution is -1.98. The van der Waals surface area contributed by atoms with Crippen molar-refractivity contribution in [2.75, 3.05) is 12.4 Å². The number of nitro benzene ring substituents is 1. The van der Waals surface area contributed by atoms with Crippen LogP contribution in [-0.2, 0) is 0 Å². The molecule has 4 aromatic rings. The molecule has 2 heterocycles. The molecule has 0 radical (unpaired) electrons. The average Bonchev–Trinajstić information content (AvgIpc) is 3.14. The van der Waals surface area contributed by atoms with E-state index >= 15 is 0 Å². The molecular weight excluding hydrogens is 364 g/mol. The molecule has 7 nitrogen and oxygen atoms in total. The van der Waals surface area contributed by atoms with Gasteiger partial charge in [0, 0.05) is 23.1 Å². The number of nitrogens with one attached hydrogen (secondary N) is 1. The number of fused-ring (bicyclic) bond motifs is 1. The van der Waals surface area contributed by atoms with Crippen LogP contribution in [0, 0.1) is 10.1 Å². The van der Waals surface area contributed by atoms with Crippen molar-refractivity contribution in [3.05, 3.63) is 70.4 Å². The molecule has 0 amide bonds. The van der Waals surface area contributed by atoms with Crippen LogP contribution in [-0.4, -0.2) is 22.0 Å². The van der Waals surface area contributed by atoms with Crippen molar-refractivity contribution in [3.8, 4) is 16.9 Å². The third-order valence-corrected chi connectivity index (χ3v) is 4.98. The summed E-state index contributed by atoms with van der Waals surface area (Å²) in [6.45, 7) is 0. The first-order valence-corrected chi connectivity index (χ1v) is 8.92. The van der Waals surface area contributed by atoms with Crippen molar-refractivity contribution in [2.24, 2.45) is 0 Å². The predicted octanol–water partition coefficient (Wildman–Crippen LogP) is 5.02. The second-order valence-corrected chi connectivity index (χ2v) is 6.54. The number of benzene rings is 2. The van der Waals surface area contributed by atoms with E-state index in [2.05, 4.69) is 15.3 Å². The average molecular weight is 378 g/mol. The number of thiophene rings is 1. The number of methoxy groups -OCH3 is 1. The summed E-state index contributed by atoms with van der Waals surface area (Å²) in [6, 6.07) is 14.1. The van der Waals surface area contributed by atoms with Gasteiger partial charge in [-0.15, -0.1) is 11.3 Å². The standard InChI is InChI=1S/C19H14N4O3S/c1-26-16-8-3-2-7-15(16)22-18-17-14(10-27-19(17)21-11-20-18)12-5-4-6-13(9-12)23(24)25/h2-11H,1H3,(H,20,21,22). The normalized spacial score (nSPS) is 10.7. The van der Waals surface area contributed by atoms with E-state index in [1.54, 1.807) is 19.2 Å². The summed E-state index contributed by atoms with van der Waals surface area (Å²) in [4.78, 5) is 20.2. The first-order chi connectivity index (χ1) is 13.2. The first-order valence-electron chi connectivity index (χ1n) is 8.04. The summed E-state index contributed by atoms with van der Waals surface area (Å²) in [5.41, 5.74) is 2.41. The van der Waals surface area contributed by atoms with Crippen molar-refractivity contribution >= 4 is 38.7 Å². The van der Waals surface area contributed by atoms with Gasteiger partial charge in [-0.1, -0.05) is 24.3 Å². The summed E-state index contributed by atoms with van der Waals surface area (Å²) in [5.74, 6) is 1.31. The highest BCUT2D eigenvalue weighted by Crippen LogP contribution is 2.39. The lowest BCUT2D eigenvalue weighted by atomic mass is 10.1. The topological polar surface area (TPSA) is 90.2 Å². The fourth-order valence-corrected chi connectivity index (χ4v) is 3.76. The van der Waals surface area contributed by atoms with E-state index < -0.39 is 4.92 Å². The zero-order valence-corrected chi connectivity index (χ0v) is 15.1. The van der Waals surface area contributed by atoms with Crippen LogP contribution in [0.5, 0.6) is 5.75 Å². The number of hydrogen-bond acceptors (Lipinski definition) is 7. The Hall–Kier alpha value is -3.52. The van der Waals surface area contributed by atoms with Gasteiger partial charge in [0.2, 0.25) is 0 Å². The summed E-state index contributed by atoms with van der Waals surface area (Å²) in [5, 5.41) is 17.2. The maximum Gasteiger partial charge on any atom is 0.270 e. The third kappa shape index (κ3) is 3.18. The highest BCUT2D eigenvalue weighted by molar-refractivity contribution is 7.17. The first kappa shape index (κ1) is 16.9. The molecule has 2 aromatic carbocycles. The van der Waals surface area contributed by atoms with Crippen molar-refractivity contribution in [1.82, 2.24) is 9.97 Å². The van der Waals surface area contributed by atoms with E-state index in [4.69, 9.17) is 4.74 Å². The number of anilines is 2. The van der Waals surface area contributed by atoms with Crippen LogP contribution in [0.4, 0.5) is 17.2 Å². The van der Waals surface area contributed by atoms with E-state index in [0.717, 1.165) is 27.0 Å². The molecule has 0 unspecified atom stereocenters. The number of aromatic nitrogens is 2. The van der Waals surface area contributed by atoms with Crippen molar-refractivity contribution < 1.29 is 9.66 Å². The van der Waals surface area contributed by atoms with E-state index in [0.29, 0.717) is 11.6 Å². The molecule has 0 spiro atoms. The second-order valence-electron chi connectivity index (χ2n) is 5.68. The minimum atomic E-state index is -0.400. The Bertz CT molecular complexity index is 1140. The van der Waals surface area contributed by atoms with Crippen molar-refractivity contribution in [3.63, 3.8) is 0 Å². The Kier molecular flexibility index (Phi) is 4.39. The summed E-state index contributed by atoms with van der Waals surface area (Å²) in [6.07, 6.45) is 1.49. The van der Waals surface area contributed by atoms with Gasteiger partial charge in [0.25, 0.3) is 5.69 Å². The highest BCUT2D eigenvalue weighted by Gasteiger charge is 2.16. The van der Waals surface area contributed by atoms with Crippen LogP contribution in [0.2, 0.25) is 0 Å². The number of rotatable bonds is 5. The Morgan fingerprint density at radius 3 is 2.81 bits per heavy atom. The zero-order chi connectivity index (χ0) is 18.8. The van der Waals surface area contributed by atoms with Crippen molar-refractivity contribution in [2.45, 2.75) is 0 Å². The second kappa shape index (κ2) is 7.00. The number of ether oxygens (including phenoxy) is 1. The molecule has 0 aliphatic carbocycles. The largest absolute Gasteiger partial charge is 0.495 e. The van der Waals surface area contributed by atoms with Gasteiger partial charge in [-0.05, 0) is 17.7 Å². The van der Waals surface area contributed by atoms with Crippen LogP contribution >= 0.6 is 11.3 Å². The Balaban J connectivity index is 1.85. The third-order valence-electron chi connectivity index (χ3n) is 4.10. The lowest BCUT2D eigenvalue weighted by molar-refractivity contribution is -0.384. The number of hydrogen-bond donors (Lipinski definition) is 1. The van der Waals surface area contributed by atoms with Crippen LogP contribution < -0.4 is 10.1 Å². The summed E-state index contributed by atoms with van der Waals surface area (Å²) >= 11 is 1.47. The molecule has 134 valence electrons. The van der Waals surface area contributed by atoms with Gasteiger partial charge in [-0.3, -0.25) is 10.1 Å². The molecule has 0 aliphatic rings. The Morgan fingerprint density at radius 1 is 1.15 bits per heavy atom. The van der Waals surface area contributed by atoms with Crippen LogP contribution in [0.15, 0.2) is 60.2 Å². The lowest BCUT2D eigenvalue weighted by Gasteiger charge is -2.11. The number of non-ortho nitro benzene ring substituents is 1. The zero-order valence-electron chi connectivity index (χ0n) is 14.2. The maximum absolute atomic E-state index is 11.1. The summed E-state index contributed by atoms with van der Waals surface area (Å²) < 4.78 is 5.39. The Labute approximate surface area is 158 Å². The molecule has 8 heteroatoms. The van der Waals surface area contributed by atoms with Crippen LogP contribution in [0.1, 0.15) is 0 Å². The van der Waals surface area contributed by atoms with Gasteiger partial charge in [-0.2, -0.15) is 0 Å². The van der Waals surface area contributed by atoms with Gasteiger partial charge in [0.05, 0.1) is 23.1 Å². The van der Waals surface area contributed by atoms with Crippen LogP contribution in [0.3, 0.4) is 0 Å². The van der Waals surface area contributed by atoms with E-state index in [9.17, 15) is 10.1 Å². The fraction of sp³-hybridized carbons (Fsp3) is 0.0526. The molecule has 1 N–H and O–H groups in total.